The van der Waals surface area contributed by atoms with Crippen LogP contribution in [0.4, 0.5) is 0 Å². The Bertz CT molecular complexity index is 787. The van der Waals surface area contributed by atoms with Crippen molar-refractivity contribution in [2.45, 2.75) is 238 Å². The Morgan fingerprint density at radius 3 is 1.02 bits per heavy atom. The second kappa shape index (κ2) is 37.8. The van der Waals surface area contributed by atoms with Crippen molar-refractivity contribution in [3.63, 3.8) is 0 Å². The molecule has 0 saturated carbocycles. The minimum Gasteiger partial charge on any atom is -0.462 e. The van der Waals surface area contributed by atoms with Gasteiger partial charge in [0.1, 0.15) is 6.61 Å². The van der Waals surface area contributed by atoms with Gasteiger partial charge >= 0.3 is 19.8 Å². The zero-order valence-corrected chi connectivity index (χ0v) is 33.7. The molecule has 1 atom stereocenters. The van der Waals surface area contributed by atoms with Gasteiger partial charge in [0.25, 0.3) is 0 Å². The Labute approximate surface area is 308 Å². The highest BCUT2D eigenvalue weighted by atomic mass is 31.2. The van der Waals surface area contributed by atoms with E-state index in [4.69, 9.17) is 19.3 Å². The summed E-state index contributed by atoms with van der Waals surface area (Å²) >= 11 is 0. The largest absolute Gasteiger partial charge is 0.469 e. The van der Waals surface area contributed by atoms with Crippen LogP contribution in [0.3, 0.4) is 0 Å². The van der Waals surface area contributed by atoms with Crippen LogP contribution in [-0.2, 0) is 28.2 Å². The summed E-state index contributed by atoms with van der Waals surface area (Å²) in [5, 5.41) is 0. The maximum absolute atomic E-state index is 12.4. The van der Waals surface area contributed by atoms with Gasteiger partial charge in [0.15, 0.2) is 6.10 Å². The number of ether oxygens (including phenoxy) is 2. The molecule has 50 heavy (non-hydrogen) atoms. The van der Waals surface area contributed by atoms with E-state index in [9.17, 15) is 14.2 Å². The van der Waals surface area contributed by atoms with Crippen LogP contribution in [0.2, 0.25) is 0 Å². The minimum absolute atomic E-state index is 0.220. The Morgan fingerprint density at radius 1 is 0.440 bits per heavy atom. The fourth-order valence-corrected chi connectivity index (χ4v) is 6.79. The number of rotatable bonds is 40. The highest BCUT2D eigenvalue weighted by Gasteiger charge is 2.22. The molecule has 0 aliphatic rings. The summed E-state index contributed by atoms with van der Waals surface area (Å²) < 4.78 is 26.4. The first-order valence-corrected chi connectivity index (χ1v) is 22.9. The van der Waals surface area contributed by atoms with Crippen molar-refractivity contribution in [1.82, 2.24) is 0 Å². The zero-order valence-electron chi connectivity index (χ0n) is 32.8. The van der Waals surface area contributed by atoms with Gasteiger partial charge in [-0.25, -0.2) is 4.57 Å². The van der Waals surface area contributed by atoms with Crippen LogP contribution in [0.5, 0.6) is 0 Å². The smallest absolute Gasteiger partial charge is 0.462 e. The second-order valence-corrected chi connectivity index (χ2v) is 15.9. The van der Waals surface area contributed by atoms with Crippen LogP contribution >= 0.6 is 7.82 Å². The number of hydrogen-bond acceptors (Lipinski definition) is 6. The minimum atomic E-state index is -4.74. The Kier molecular flexibility index (Phi) is 37.1. The summed E-state index contributed by atoms with van der Waals surface area (Å²) in [4.78, 5) is 42.8. The van der Waals surface area contributed by atoms with Crippen molar-refractivity contribution < 1.29 is 37.9 Å². The van der Waals surface area contributed by atoms with Crippen molar-refractivity contribution in [2.24, 2.45) is 0 Å². The molecule has 8 nitrogen and oxygen atoms in total. The molecule has 0 rings (SSSR count). The van der Waals surface area contributed by atoms with Crippen molar-refractivity contribution in [1.29, 1.82) is 0 Å². The average Bonchev–Trinajstić information content (AvgIpc) is 3.08. The standard InChI is InChI=1S/C41H81O8P/c1-3-5-7-9-11-13-15-16-17-18-19-20-21-22-23-24-26-28-30-32-34-36-41(43)49-39(38-48-50(44,45)46)37-47-40(42)35-33-31-29-27-25-14-12-10-8-6-4-2/h39H,3-38H2,1-2H3,(H2,44,45,46). The maximum atomic E-state index is 12.4. The Hall–Kier alpha value is -0.950. The first-order valence-electron chi connectivity index (χ1n) is 21.3. The third-order valence-electron chi connectivity index (χ3n) is 9.63. The van der Waals surface area contributed by atoms with E-state index >= 15 is 0 Å². The molecule has 0 heterocycles. The van der Waals surface area contributed by atoms with Gasteiger partial charge < -0.3 is 19.3 Å². The number of phosphoric ester groups is 1. The van der Waals surface area contributed by atoms with Crippen molar-refractivity contribution in [3.05, 3.63) is 0 Å². The molecule has 1 unspecified atom stereocenters. The predicted octanol–water partition coefficient (Wildman–Crippen LogP) is 12.9. The van der Waals surface area contributed by atoms with E-state index in [1.807, 2.05) is 0 Å². The summed E-state index contributed by atoms with van der Waals surface area (Å²) in [5.41, 5.74) is 0. The van der Waals surface area contributed by atoms with E-state index in [2.05, 4.69) is 18.4 Å². The van der Waals surface area contributed by atoms with Crippen LogP contribution in [0.25, 0.3) is 0 Å². The van der Waals surface area contributed by atoms with Gasteiger partial charge in [0.2, 0.25) is 0 Å². The van der Waals surface area contributed by atoms with Crippen LogP contribution in [0.15, 0.2) is 0 Å². The SMILES string of the molecule is CCCCCCCCCCCCCCCCCCCCCCCC(=O)OC(COC(=O)CCCCCCCCCCCCC)COP(=O)(O)O. The lowest BCUT2D eigenvalue weighted by molar-refractivity contribution is -0.161. The van der Waals surface area contributed by atoms with Crippen LogP contribution < -0.4 is 0 Å². The summed E-state index contributed by atoms with van der Waals surface area (Å²) in [7, 11) is -4.74. The monoisotopic (exact) mass is 733 g/mol. The van der Waals surface area contributed by atoms with E-state index in [0.29, 0.717) is 6.42 Å². The molecule has 0 spiro atoms. The number of esters is 2. The molecule has 0 aliphatic heterocycles. The lowest BCUT2D eigenvalue weighted by Gasteiger charge is -2.18. The van der Waals surface area contributed by atoms with E-state index in [0.717, 1.165) is 32.1 Å². The molecular weight excluding hydrogens is 651 g/mol. The molecular formula is C41H81O8P. The number of carbonyl (C=O) groups is 2. The average molecular weight is 733 g/mol. The van der Waals surface area contributed by atoms with Crippen molar-refractivity contribution in [2.75, 3.05) is 13.2 Å². The third-order valence-corrected chi connectivity index (χ3v) is 10.1. The van der Waals surface area contributed by atoms with E-state index < -0.39 is 32.5 Å². The molecule has 0 radical (unpaired) electrons. The van der Waals surface area contributed by atoms with Gasteiger partial charge in [-0.15, -0.1) is 0 Å². The topological polar surface area (TPSA) is 119 Å². The Balaban J connectivity index is 3.80. The predicted molar refractivity (Wildman–Crippen MR) is 207 cm³/mol. The van der Waals surface area contributed by atoms with Gasteiger partial charge in [-0.1, -0.05) is 206 Å². The fourth-order valence-electron chi connectivity index (χ4n) is 6.43. The first-order chi connectivity index (χ1) is 24.3. The van der Waals surface area contributed by atoms with E-state index in [1.54, 1.807) is 0 Å². The highest BCUT2D eigenvalue weighted by molar-refractivity contribution is 7.46. The number of phosphoric acid groups is 1. The number of unbranched alkanes of at least 4 members (excludes halogenated alkanes) is 30. The summed E-state index contributed by atoms with van der Waals surface area (Å²) in [6.07, 6.45) is 39.8. The fraction of sp³-hybridized carbons (Fsp3) is 0.951. The third kappa shape index (κ3) is 39.8. The van der Waals surface area contributed by atoms with Gasteiger partial charge in [-0.3, -0.25) is 14.1 Å². The maximum Gasteiger partial charge on any atom is 0.469 e. The Morgan fingerprint density at radius 2 is 0.720 bits per heavy atom. The quantitative estimate of drug-likeness (QED) is 0.0363. The van der Waals surface area contributed by atoms with E-state index in [-0.39, 0.29) is 19.4 Å². The van der Waals surface area contributed by atoms with Gasteiger partial charge in [0.05, 0.1) is 6.61 Å². The van der Waals surface area contributed by atoms with Gasteiger partial charge in [-0.2, -0.15) is 0 Å². The molecule has 0 amide bonds. The molecule has 0 aliphatic carbocycles. The van der Waals surface area contributed by atoms with Crippen molar-refractivity contribution in [3.8, 4) is 0 Å². The molecule has 298 valence electrons. The van der Waals surface area contributed by atoms with Crippen molar-refractivity contribution >= 4 is 19.8 Å². The molecule has 0 bridgehead atoms. The summed E-state index contributed by atoms with van der Waals surface area (Å²) in [6.45, 7) is 3.70. The number of hydrogen-bond donors (Lipinski definition) is 2. The second-order valence-electron chi connectivity index (χ2n) is 14.7. The van der Waals surface area contributed by atoms with Crippen LogP contribution in [-0.4, -0.2) is 41.0 Å². The molecule has 2 N–H and O–H groups in total. The molecule has 0 saturated heterocycles. The van der Waals surface area contributed by atoms with Crippen LogP contribution in [0, 0.1) is 0 Å². The van der Waals surface area contributed by atoms with Gasteiger partial charge in [0, 0.05) is 12.8 Å². The van der Waals surface area contributed by atoms with Crippen LogP contribution in [0.1, 0.15) is 232 Å². The zero-order chi connectivity index (χ0) is 36.8. The lowest BCUT2D eigenvalue weighted by Crippen LogP contribution is -2.29. The molecule has 0 fully saturated rings. The highest BCUT2D eigenvalue weighted by Crippen LogP contribution is 2.36. The molecule has 9 heteroatoms. The number of carbonyl (C=O) groups excluding carboxylic acids is 2. The molecule has 0 aromatic carbocycles. The first kappa shape index (κ1) is 49.0. The molecule has 0 aromatic heterocycles. The lowest BCUT2D eigenvalue weighted by atomic mass is 10.0. The molecule has 0 aromatic rings. The summed E-state index contributed by atoms with van der Waals surface area (Å²) in [5.74, 6) is -0.869. The van der Waals surface area contributed by atoms with E-state index in [1.165, 1.54) is 167 Å². The summed E-state index contributed by atoms with van der Waals surface area (Å²) in [6, 6.07) is 0. The van der Waals surface area contributed by atoms with Gasteiger partial charge in [-0.05, 0) is 12.8 Å². The normalized spacial score (nSPS) is 12.3.